The summed E-state index contributed by atoms with van der Waals surface area (Å²) in [6, 6.07) is 1.18. The highest BCUT2D eigenvalue weighted by atomic mass is 16.5. The summed E-state index contributed by atoms with van der Waals surface area (Å²) in [4.78, 5) is 35.3. The molecule has 0 aromatic carbocycles. The monoisotopic (exact) mass is 321 g/mol. The first kappa shape index (κ1) is 15.7. The zero-order chi connectivity index (χ0) is 16.6. The average Bonchev–Trinajstić information content (AvgIpc) is 2.47. The van der Waals surface area contributed by atoms with Crippen molar-refractivity contribution in [2.75, 3.05) is 26.9 Å². The van der Waals surface area contributed by atoms with Crippen LogP contribution in [-0.4, -0.2) is 49.4 Å². The molecule has 0 saturated heterocycles. The van der Waals surface area contributed by atoms with Crippen molar-refractivity contribution in [3.05, 3.63) is 33.7 Å². The Labute approximate surface area is 132 Å². The number of carbonyl (C=O) groups excluding carboxylic acids is 2. The smallest absolute Gasteiger partial charge is 0.268 e. The lowest BCUT2D eigenvalue weighted by Gasteiger charge is -2.51. The highest BCUT2D eigenvalue weighted by Crippen LogP contribution is 2.43. The molecular weight excluding hydrogens is 302 g/mol. The summed E-state index contributed by atoms with van der Waals surface area (Å²) in [5, 5.41) is 2.80. The first-order chi connectivity index (χ1) is 11.0. The molecule has 2 aliphatic rings. The SMILES string of the molecule is COCCOC1CC2(CNC(=O)c3cc(=O)c(C(N)=O)cn32)C1. The number of hydrogen-bond acceptors (Lipinski definition) is 5. The van der Waals surface area contributed by atoms with Gasteiger partial charge in [-0.1, -0.05) is 0 Å². The second-order valence-corrected chi connectivity index (χ2v) is 5.97. The summed E-state index contributed by atoms with van der Waals surface area (Å²) in [7, 11) is 1.61. The van der Waals surface area contributed by atoms with Crippen LogP contribution in [0.4, 0.5) is 0 Å². The summed E-state index contributed by atoms with van der Waals surface area (Å²) in [5.74, 6) is -1.12. The van der Waals surface area contributed by atoms with Gasteiger partial charge in [0.25, 0.3) is 11.8 Å². The van der Waals surface area contributed by atoms with E-state index in [2.05, 4.69) is 5.32 Å². The van der Waals surface area contributed by atoms with E-state index in [0.717, 1.165) is 0 Å². The maximum absolute atomic E-state index is 12.0. The largest absolute Gasteiger partial charge is 0.382 e. The van der Waals surface area contributed by atoms with Gasteiger partial charge in [-0.15, -0.1) is 0 Å². The predicted molar refractivity (Wildman–Crippen MR) is 80.4 cm³/mol. The number of ether oxygens (including phenoxy) is 2. The molecule has 3 rings (SSSR count). The number of nitrogens with one attached hydrogen (secondary N) is 1. The molecule has 0 atom stereocenters. The van der Waals surface area contributed by atoms with Gasteiger partial charge in [0.15, 0.2) is 5.43 Å². The molecule has 8 heteroatoms. The topological polar surface area (TPSA) is 113 Å². The number of nitrogens with zero attached hydrogens (tertiary/aromatic N) is 1. The first-order valence-electron chi connectivity index (χ1n) is 7.42. The molecule has 1 aliphatic heterocycles. The summed E-state index contributed by atoms with van der Waals surface area (Å²) in [6.07, 6.45) is 2.84. The Kier molecular flexibility index (Phi) is 3.95. The molecule has 1 aliphatic carbocycles. The van der Waals surface area contributed by atoms with Gasteiger partial charge in [-0.05, 0) is 12.8 Å². The lowest BCUT2D eigenvalue weighted by Crippen LogP contribution is -2.61. The van der Waals surface area contributed by atoms with Crippen LogP contribution in [0.3, 0.4) is 0 Å². The Morgan fingerprint density at radius 1 is 1.43 bits per heavy atom. The molecule has 2 heterocycles. The lowest BCUT2D eigenvalue weighted by atomic mass is 9.72. The molecule has 1 saturated carbocycles. The van der Waals surface area contributed by atoms with E-state index >= 15 is 0 Å². The second-order valence-electron chi connectivity index (χ2n) is 5.97. The fourth-order valence-corrected chi connectivity index (χ4v) is 3.25. The quantitative estimate of drug-likeness (QED) is 0.690. The van der Waals surface area contributed by atoms with Gasteiger partial charge < -0.3 is 25.1 Å². The number of primary amides is 1. The zero-order valence-corrected chi connectivity index (χ0v) is 12.8. The van der Waals surface area contributed by atoms with E-state index in [0.29, 0.717) is 32.6 Å². The predicted octanol–water partition coefficient (Wildman–Crippen LogP) is -0.789. The number of nitrogens with two attached hydrogens (primary N) is 1. The number of carbonyl (C=O) groups is 2. The molecule has 0 radical (unpaired) electrons. The fraction of sp³-hybridized carbons (Fsp3) is 0.533. The minimum absolute atomic E-state index is 0.0597. The van der Waals surface area contributed by atoms with E-state index in [-0.39, 0.29) is 28.8 Å². The van der Waals surface area contributed by atoms with Gasteiger partial charge in [0.05, 0.1) is 24.9 Å². The molecule has 124 valence electrons. The fourth-order valence-electron chi connectivity index (χ4n) is 3.25. The van der Waals surface area contributed by atoms with Gasteiger partial charge in [0.2, 0.25) is 0 Å². The van der Waals surface area contributed by atoms with Crippen LogP contribution in [0, 0.1) is 0 Å². The normalized spacial score (nSPS) is 25.6. The summed E-state index contributed by atoms with van der Waals surface area (Å²) < 4.78 is 12.3. The van der Waals surface area contributed by atoms with Crippen LogP contribution in [0.2, 0.25) is 0 Å². The maximum Gasteiger partial charge on any atom is 0.268 e. The highest BCUT2D eigenvalue weighted by molar-refractivity contribution is 5.96. The number of hydrogen-bond donors (Lipinski definition) is 2. The van der Waals surface area contributed by atoms with Crippen LogP contribution in [0.15, 0.2) is 17.1 Å². The number of rotatable bonds is 5. The molecule has 1 fully saturated rings. The molecule has 1 spiro atoms. The number of pyridine rings is 1. The molecule has 23 heavy (non-hydrogen) atoms. The maximum atomic E-state index is 12.0. The molecule has 0 bridgehead atoms. The number of amides is 2. The van der Waals surface area contributed by atoms with Crippen molar-refractivity contribution < 1.29 is 19.1 Å². The van der Waals surface area contributed by atoms with E-state index in [9.17, 15) is 14.4 Å². The van der Waals surface area contributed by atoms with Gasteiger partial charge in [0.1, 0.15) is 11.3 Å². The van der Waals surface area contributed by atoms with Gasteiger partial charge >= 0.3 is 0 Å². The third kappa shape index (κ3) is 2.64. The van der Waals surface area contributed by atoms with Crippen LogP contribution in [0.5, 0.6) is 0 Å². The number of fused-ring (bicyclic) bond motifs is 2. The van der Waals surface area contributed by atoms with Crippen molar-refractivity contribution in [2.24, 2.45) is 5.73 Å². The highest BCUT2D eigenvalue weighted by Gasteiger charge is 2.49. The molecule has 8 nitrogen and oxygen atoms in total. The molecule has 1 aromatic rings. The third-order valence-electron chi connectivity index (χ3n) is 4.49. The van der Waals surface area contributed by atoms with Crippen molar-refractivity contribution >= 4 is 11.8 Å². The Morgan fingerprint density at radius 3 is 2.83 bits per heavy atom. The third-order valence-corrected chi connectivity index (χ3v) is 4.49. The van der Waals surface area contributed by atoms with Gasteiger partial charge in [-0.2, -0.15) is 0 Å². The van der Waals surface area contributed by atoms with Crippen molar-refractivity contribution in [2.45, 2.75) is 24.5 Å². The number of methoxy groups -OCH3 is 1. The van der Waals surface area contributed by atoms with Gasteiger partial charge in [-0.3, -0.25) is 14.4 Å². The Bertz CT molecular complexity index is 706. The standard InChI is InChI=1S/C15H19N3O5/c1-22-2-3-23-9-5-15(6-9)8-17-14(21)11-4-12(19)10(13(16)20)7-18(11)15/h4,7,9H,2-3,5-6,8H2,1H3,(H2,16,20)(H,17,21). The molecule has 3 N–H and O–H groups in total. The number of aromatic nitrogens is 1. The van der Waals surface area contributed by atoms with E-state index in [4.69, 9.17) is 15.2 Å². The zero-order valence-electron chi connectivity index (χ0n) is 12.8. The molecular formula is C15H19N3O5. The molecule has 1 aromatic heterocycles. The van der Waals surface area contributed by atoms with Crippen LogP contribution in [-0.2, 0) is 15.0 Å². The Hall–Kier alpha value is -2.19. The Morgan fingerprint density at radius 2 is 2.17 bits per heavy atom. The van der Waals surface area contributed by atoms with E-state index in [1.165, 1.54) is 12.3 Å². The van der Waals surface area contributed by atoms with Gasteiger partial charge in [-0.25, -0.2) is 0 Å². The van der Waals surface area contributed by atoms with Crippen LogP contribution in [0.1, 0.15) is 33.7 Å². The molecule has 0 unspecified atom stereocenters. The van der Waals surface area contributed by atoms with E-state index in [1.807, 2.05) is 0 Å². The Balaban J connectivity index is 1.88. The first-order valence-corrected chi connectivity index (χ1v) is 7.42. The van der Waals surface area contributed by atoms with E-state index in [1.54, 1.807) is 11.7 Å². The average molecular weight is 321 g/mol. The summed E-state index contributed by atoms with van der Waals surface area (Å²) in [5.41, 5.74) is 4.48. The minimum Gasteiger partial charge on any atom is -0.382 e. The van der Waals surface area contributed by atoms with Crippen LogP contribution in [0.25, 0.3) is 0 Å². The van der Waals surface area contributed by atoms with E-state index < -0.39 is 11.3 Å². The summed E-state index contributed by atoms with van der Waals surface area (Å²) >= 11 is 0. The summed E-state index contributed by atoms with van der Waals surface area (Å²) in [6.45, 7) is 1.46. The molecule has 2 amide bonds. The van der Waals surface area contributed by atoms with Gasteiger partial charge in [0, 0.05) is 25.9 Å². The lowest BCUT2D eigenvalue weighted by molar-refractivity contribution is -0.0854. The minimum atomic E-state index is -0.793. The van der Waals surface area contributed by atoms with Crippen molar-refractivity contribution in [3.63, 3.8) is 0 Å². The van der Waals surface area contributed by atoms with Crippen molar-refractivity contribution in [3.8, 4) is 0 Å². The van der Waals surface area contributed by atoms with Crippen LogP contribution >= 0.6 is 0 Å². The second kappa shape index (κ2) is 5.78. The van der Waals surface area contributed by atoms with Crippen molar-refractivity contribution in [1.29, 1.82) is 0 Å². The van der Waals surface area contributed by atoms with Crippen molar-refractivity contribution in [1.82, 2.24) is 9.88 Å². The van der Waals surface area contributed by atoms with Crippen LogP contribution < -0.4 is 16.5 Å².